The molecule has 1 rings (SSSR count). The van der Waals surface area contributed by atoms with E-state index in [4.69, 9.17) is 10.5 Å². The molecule has 190 valence electrons. The molecule has 0 fully saturated rings. The van der Waals surface area contributed by atoms with E-state index in [-0.39, 0.29) is 6.54 Å². The molecule has 0 aliphatic carbocycles. The number of aliphatic hydroxyl groups is 1. The Kier molecular flexibility index (Phi) is 10.0. The van der Waals surface area contributed by atoms with Crippen LogP contribution in [0.4, 0.5) is 4.79 Å². The molecule has 10 heteroatoms. The molecule has 0 aliphatic heterocycles. The third-order valence-corrected chi connectivity index (χ3v) is 4.47. The summed E-state index contributed by atoms with van der Waals surface area (Å²) in [6.07, 6.45) is -1.43. The first kappa shape index (κ1) is 28.9. The van der Waals surface area contributed by atoms with Gasteiger partial charge in [0.15, 0.2) is 0 Å². The van der Waals surface area contributed by atoms with Crippen LogP contribution in [0.15, 0.2) is 24.3 Å². The zero-order chi connectivity index (χ0) is 26.3. The summed E-state index contributed by atoms with van der Waals surface area (Å²) in [4.78, 5) is 52.1. The highest BCUT2D eigenvalue weighted by Gasteiger charge is 2.37. The van der Waals surface area contributed by atoms with Crippen LogP contribution < -0.4 is 16.4 Å². The van der Waals surface area contributed by atoms with Gasteiger partial charge in [0.2, 0.25) is 17.7 Å². The van der Waals surface area contributed by atoms with E-state index in [1.807, 2.05) is 6.92 Å². The SMILES string of the molecule is Cc1ccc(C(C(=O)NC(C)(C)C)N(CCO)C(=O)C(CC(N)=O)NC(=O)OC(C)(C)C)cc1. The Balaban J connectivity index is 3.44. The van der Waals surface area contributed by atoms with Crippen LogP contribution in [0.5, 0.6) is 0 Å². The van der Waals surface area contributed by atoms with E-state index >= 15 is 0 Å². The molecule has 0 spiro atoms. The Morgan fingerprint density at radius 1 is 1.06 bits per heavy atom. The highest BCUT2D eigenvalue weighted by atomic mass is 16.6. The Morgan fingerprint density at radius 3 is 2.06 bits per heavy atom. The number of hydrogen-bond donors (Lipinski definition) is 4. The van der Waals surface area contributed by atoms with Crippen LogP contribution in [0.3, 0.4) is 0 Å². The lowest BCUT2D eigenvalue weighted by Crippen LogP contribution is -2.56. The van der Waals surface area contributed by atoms with E-state index in [0.29, 0.717) is 5.56 Å². The Bertz CT molecular complexity index is 871. The Morgan fingerprint density at radius 2 is 1.62 bits per heavy atom. The van der Waals surface area contributed by atoms with Crippen LogP contribution in [-0.4, -0.2) is 64.2 Å². The summed E-state index contributed by atoms with van der Waals surface area (Å²) in [7, 11) is 0. The molecule has 0 radical (unpaired) electrons. The van der Waals surface area contributed by atoms with E-state index in [0.717, 1.165) is 10.5 Å². The summed E-state index contributed by atoms with van der Waals surface area (Å²) in [5.41, 5.74) is 5.34. The molecule has 0 bridgehead atoms. The van der Waals surface area contributed by atoms with Gasteiger partial charge in [0, 0.05) is 12.1 Å². The van der Waals surface area contributed by atoms with Gasteiger partial charge >= 0.3 is 6.09 Å². The fourth-order valence-electron chi connectivity index (χ4n) is 3.19. The molecule has 0 saturated heterocycles. The number of nitrogens with one attached hydrogen (secondary N) is 2. The van der Waals surface area contributed by atoms with Crippen molar-refractivity contribution in [1.82, 2.24) is 15.5 Å². The molecule has 2 unspecified atom stereocenters. The number of carbonyl (C=O) groups excluding carboxylic acids is 4. The standard InChI is InChI=1S/C24H38N4O6/c1-15-8-10-16(11-9-15)19(20(31)27-23(2,3)4)28(12-13-29)21(32)17(14-18(25)30)26-22(33)34-24(5,6)7/h8-11,17,19,29H,12-14H2,1-7H3,(H2,25,30)(H,26,33)(H,27,31). The van der Waals surface area contributed by atoms with Gasteiger partial charge in [-0.1, -0.05) is 29.8 Å². The van der Waals surface area contributed by atoms with Crippen LogP contribution in [0.25, 0.3) is 0 Å². The minimum Gasteiger partial charge on any atom is -0.444 e. The molecule has 0 saturated carbocycles. The summed E-state index contributed by atoms with van der Waals surface area (Å²) < 4.78 is 5.21. The van der Waals surface area contributed by atoms with Gasteiger partial charge in [-0.3, -0.25) is 14.4 Å². The molecule has 0 aromatic heterocycles. The molecule has 10 nitrogen and oxygen atoms in total. The van der Waals surface area contributed by atoms with Gasteiger partial charge in [-0.15, -0.1) is 0 Å². The van der Waals surface area contributed by atoms with Crippen molar-refractivity contribution < 1.29 is 29.0 Å². The van der Waals surface area contributed by atoms with Crippen molar-refractivity contribution >= 4 is 23.8 Å². The largest absolute Gasteiger partial charge is 0.444 e. The number of amides is 4. The lowest BCUT2D eigenvalue weighted by molar-refractivity contribution is -0.144. The molecule has 0 heterocycles. The van der Waals surface area contributed by atoms with E-state index in [1.54, 1.807) is 65.8 Å². The maximum absolute atomic E-state index is 13.6. The van der Waals surface area contributed by atoms with Crippen LogP contribution in [-0.2, 0) is 19.1 Å². The van der Waals surface area contributed by atoms with Gasteiger partial charge in [-0.2, -0.15) is 0 Å². The van der Waals surface area contributed by atoms with Crippen LogP contribution >= 0.6 is 0 Å². The Hall–Kier alpha value is -3.14. The molecule has 1 aromatic rings. The summed E-state index contributed by atoms with van der Waals surface area (Å²) in [5.74, 6) is -2.06. The summed E-state index contributed by atoms with van der Waals surface area (Å²) in [5, 5.41) is 14.9. The van der Waals surface area contributed by atoms with Crippen molar-refractivity contribution in [3.8, 4) is 0 Å². The van der Waals surface area contributed by atoms with Crippen molar-refractivity contribution in [2.24, 2.45) is 5.73 Å². The number of alkyl carbamates (subject to hydrolysis) is 1. The van der Waals surface area contributed by atoms with Gasteiger partial charge in [-0.05, 0) is 54.0 Å². The minimum atomic E-state index is -1.39. The molecule has 2 atom stereocenters. The molecule has 34 heavy (non-hydrogen) atoms. The first-order valence-electron chi connectivity index (χ1n) is 11.1. The average molecular weight is 479 g/mol. The zero-order valence-electron chi connectivity index (χ0n) is 21.1. The second-order valence-corrected chi connectivity index (χ2v) is 10.2. The normalized spacial score (nSPS) is 13.4. The maximum atomic E-state index is 13.6. The molecular weight excluding hydrogens is 440 g/mol. The number of benzene rings is 1. The number of ether oxygens (including phenoxy) is 1. The van der Waals surface area contributed by atoms with Crippen molar-refractivity contribution in [2.75, 3.05) is 13.2 Å². The van der Waals surface area contributed by atoms with Gasteiger partial charge < -0.3 is 31.1 Å². The molecule has 4 amide bonds. The number of aliphatic hydroxyl groups excluding tert-OH is 1. The van der Waals surface area contributed by atoms with Crippen molar-refractivity contribution in [3.63, 3.8) is 0 Å². The Labute approximate surface area is 201 Å². The van der Waals surface area contributed by atoms with Crippen LogP contribution in [0.1, 0.15) is 65.1 Å². The average Bonchev–Trinajstić information content (AvgIpc) is 2.64. The first-order chi connectivity index (χ1) is 15.5. The third-order valence-electron chi connectivity index (χ3n) is 4.47. The van der Waals surface area contributed by atoms with E-state index in [9.17, 15) is 24.3 Å². The van der Waals surface area contributed by atoms with Crippen molar-refractivity contribution in [2.45, 2.75) is 78.1 Å². The second-order valence-electron chi connectivity index (χ2n) is 10.2. The topological polar surface area (TPSA) is 151 Å². The number of nitrogens with zero attached hydrogens (tertiary/aromatic N) is 1. The highest BCUT2D eigenvalue weighted by molar-refractivity contribution is 5.94. The fraction of sp³-hybridized carbons (Fsp3) is 0.583. The predicted molar refractivity (Wildman–Crippen MR) is 128 cm³/mol. The van der Waals surface area contributed by atoms with Gasteiger partial charge in [0.25, 0.3) is 0 Å². The van der Waals surface area contributed by atoms with Crippen molar-refractivity contribution in [1.29, 1.82) is 0 Å². The minimum absolute atomic E-state index is 0.222. The second kappa shape index (κ2) is 11.8. The monoisotopic (exact) mass is 478 g/mol. The molecule has 5 N–H and O–H groups in total. The zero-order valence-corrected chi connectivity index (χ0v) is 21.1. The number of rotatable bonds is 9. The van der Waals surface area contributed by atoms with Crippen LogP contribution in [0.2, 0.25) is 0 Å². The number of nitrogens with two attached hydrogens (primary N) is 1. The summed E-state index contributed by atoms with van der Waals surface area (Å²) >= 11 is 0. The maximum Gasteiger partial charge on any atom is 0.408 e. The first-order valence-corrected chi connectivity index (χ1v) is 11.1. The predicted octanol–water partition coefficient (Wildman–Crippen LogP) is 1.54. The lowest BCUT2D eigenvalue weighted by Gasteiger charge is -2.35. The summed E-state index contributed by atoms with van der Waals surface area (Å²) in [6.45, 7) is 11.6. The quantitative estimate of drug-likeness (QED) is 0.423. The highest BCUT2D eigenvalue weighted by Crippen LogP contribution is 2.24. The smallest absolute Gasteiger partial charge is 0.408 e. The van der Waals surface area contributed by atoms with Gasteiger partial charge in [0.05, 0.1) is 13.0 Å². The molecule has 0 aliphatic rings. The van der Waals surface area contributed by atoms with Crippen LogP contribution in [0, 0.1) is 6.92 Å². The van der Waals surface area contributed by atoms with Gasteiger partial charge in [-0.25, -0.2) is 4.79 Å². The summed E-state index contributed by atoms with van der Waals surface area (Å²) in [6, 6.07) is 4.50. The number of primary amides is 1. The number of hydrogen-bond acceptors (Lipinski definition) is 6. The van der Waals surface area contributed by atoms with Gasteiger partial charge in [0.1, 0.15) is 17.7 Å². The number of aryl methyl sites for hydroxylation is 1. The molecule has 1 aromatic carbocycles. The third kappa shape index (κ3) is 9.78. The molecular formula is C24H38N4O6. The fourth-order valence-corrected chi connectivity index (χ4v) is 3.19. The lowest BCUT2D eigenvalue weighted by atomic mass is 9.99. The van der Waals surface area contributed by atoms with Crippen molar-refractivity contribution in [3.05, 3.63) is 35.4 Å². The van der Waals surface area contributed by atoms with E-state index in [2.05, 4.69) is 10.6 Å². The number of carbonyl (C=O) groups is 4. The van der Waals surface area contributed by atoms with E-state index in [1.165, 1.54) is 0 Å². The van der Waals surface area contributed by atoms with E-state index < -0.39 is 60.1 Å².